The van der Waals surface area contributed by atoms with E-state index in [1.54, 1.807) is 4.90 Å². The quantitative estimate of drug-likeness (QED) is 0.342. The van der Waals surface area contributed by atoms with Gasteiger partial charge in [0.2, 0.25) is 0 Å². The third-order valence-corrected chi connectivity index (χ3v) is 5.57. The lowest BCUT2D eigenvalue weighted by atomic mass is 10.2. The number of aryl methyl sites for hydroxylation is 1. The van der Waals surface area contributed by atoms with E-state index in [9.17, 15) is 4.79 Å². The molecule has 1 atom stereocenters. The van der Waals surface area contributed by atoms with Crippen molar-refractivity contribution >= 4 is 44.7 Å². The number of benzene rings is 1. The first-order valence-electron chi connectivity index (χ1n) is 7.91. The molecule has 0 saturated carbocycles. The predicted octanol–water partition coefficient (Wildman–Crippen LogP) is 4.48. The third kappa shape index (κ3) is 4.32. The maximum Gasteiger partial charge on any atom is 0.264 e. The fraction of sp³-hybridized carbons (Fsp3) is 0.294. The van der Waals surface area contributed by atoms with Gasteiger partial charge in [-0.15, -0.1) is 21.6 Å². The Balaban J connectivity index is 1.71. The van der Waals surface area contributed by atoms with Crippen molar-refractivity contribution in [1.29, 1.82) is 0 Å². The molecule has 1 aromatic carbocycles. The van der Waals surface area contributed by atoms with Gasteiger partial charge in [0.25, 0.3) is 5.91 Å². The average Bonchev–Trinajstić information content (AvgIpc) is 3.23. The Kier molecular flexibility index (Phi) is 5.60. The maximum atomic E-state index is 12.7. The number of amides is 1. The van der Waals surface area contributed by atoms with Gasteiger partial charge in [-0.3, -0.25) is 4.79 Å². The molecule has 3 rings (SSSR count). The van der Waals surface area contributed by atoms with Crippen LogP contribution in [0, 0.1) is 6.92 Å². The average molecular weight is 420 g/mol. The number of nitrogens with two attached hydrogens (primary N) is 1. The van der Waals surface area contributed by atoms with Crippen LogP contribution in [0.3, 0.4) is 0 Å². The lowest BCUT2D eigenvalue weighted by Gasteiger charge is -2.23. The van der Waals surface area contributed by atoms with E-state index >= 15 is 0 Å². The molecule has 1 aromatic heterocycles. The second-order valence-corrected chi connectivity index (χ2v) is 8.28. The number of hydrogen-bond acceptors (Lipinski definition) is 4. The van der Waals surface area contributed by atoms with Gasteiger partial charge in [-0.1, -0.05) is 12.1 Å². The SMILES string of the molecule is Cc1cccc(N=NN=C(N)C2CCCN2C(=O)c2ccc(Br)s2)c1. The molecule has 1 amide bonds. The molecule has 130 valence electrons. The van der Waals surface area contributed by atoms with E-state index in [1.165, 1.54) is 11.3 Å². The second kappa shape index (κ2) is 7.88. The first kappa shape index (κ1) is 17.8. The smallest absolute Gasteiger partial charge is 0.264 e. The van der Waals surface area contributed by atoms with Crippen molar-refractivity contribution in [2.24, 2.45) is 21.2 Å². The summed E-state index contributed by atoms with van der Waals surface area (Å²) < 4.78 is 0.931. The van der Waals surface area contributed by atoms with Crippen molar-refractivity contribution in [3.05, 3.63) is 50.6 Å². The number of rotatable bonds is 4. The molecule has 2 N–H and O–H groups in total. The van der Waals surface area contributed by atoms with Gasteiger partial charge in [0, 0.05) is 6.54 Å². The zero-order valence-corrected chi connectivity index (χ0v) is 16.1. The van der Waals surface area contributed by atoms with Crippen molar-refractivity contribution in [1.82, 2.24) is 4.90 Å². The van der Waals surface area contributed by atoms with Crippen molar-refractivity contribution in [2.45, 2.75) is 25.8 Å². The van der Waals surface area contributed by atoms with Gasteiger partial charge in [-0.25, -0.2) is 0 Å². The highest BCUT2D eigenvalue weighted by molar-refractivity contribution is 9.11. The lowest BCUT2D eigenvalue weighted by molar-refractivity contribution is 0.0774. The van der Waals surface area contributed by atoms with Gasteiger partial charge in [0.1, 0.15) is 5.84 Å². The molecule has 1 aliphatic rings. The molecular formula is C17H18BrN5OS. The number of likely N-dealkylation sites (tertiary alicyclic amines) is 1. The number of halogens is 1. The summed E-state index contributed by atoms with van der Waals surface area (Å²) >= 11 is 4.80. The summed E-state index contributed by atoms with van der Waals surface area (Å²) in [6.45, 7) is 2.66. The highest BCUT2D eigenvalue weighted by Crippen LogP contribution is 2.27. The Morgan fingerprint density at radius 1 is 1.36 bits per heavy atom. The molecule has 8 heteroatoms. The third-order valence-electron chi connectivity index (χ3n) is 3.96. The van der Waals surface area contributed by atoms with Gasteiger partial charge in [0.15, 0.2) is 0 Å². The van der Waals surface area contributed by atoms with E-state index < -0.39 is 0 Å². The topological polar surface area (TPSA) is 83.4 Å². The number of carbonyl (C=O) groups excluding carboxylic acids is 1. The van der Waals surface area contributed by atoms with Crippen LogP contribution in [0.5, 0.6) is 0 Å². The van der Waals surface area contributed by atoms with Crippen LogP contribution in [-0.2, 0) is 0 Å². The van der Waals surface area contributed by atoms with Gasteiger partial charge < -0.3 is 10.6 Å². The van der Waals surface area contributed by atoms with Crippen molar-refractivity contribution in [3.63, 3.8) is 0 Å². The van der Waals surface area contributed by atoms with Crippen molar-refractivity contribution in [3.8, 4) is 0 Å². The summed E-state index contributed by atoms with van der Waals surface area (Å²) in [7, 11) is 0. The molecule has 0 aliphatic carbocycles. The zero-order chi connectivity index (χ0) is 17.8. The molecule has 25 heavy (non-hydrogen) atoms. The first-order valence-corrected chi connectivity index (χ1v) is 9.52. The Morgan fingerprint density at radius 2 is 2.20 bits per heavy atom. The fourth-order valence-electron chi connectivity index (χ4n) is 2.77. The van der Waals surface area contributed by atoms with Crippen LogP contribution in [0.1, 0.15) is 28.1 Å². The summed E-state index contributed by atoms with van der Waals surface area (Å²) in [5.74, 6) is 0.296. The highest BCUT2D eigenvalue weighted by Gasteiger charge is 2.32. The molecular weight excluding hydrogens is 402 g/mol. The van der Waals surface area contributed by atoms with Crippen LogP contribution < -0.4 is 5.73 Å². The zero-order valence-electron chi connectivity index (χ0n) is 13.7. The molecule has 1 unspecified atom stereocenters. The monoisotopic (exact) mass is 419 g/mol. The van der Waals surface area contributed by atoms with Gasteiger partial charge >= 0.3 is 0 Å². The molecule has 0 radical (unpaired) electrons. The molecule has 6 nitrogen and oxygen atoms in total. The minimum Gasteiger partial charge on any atom is -0.384 e. The van der Waals surface area contributed by atoms with Crippen molar-refractivity contribution < 1.29 is 4.79 Å². The van der Waals surface area contributed by atoms with Gasteiger partial charge in [-0.2, -0.15) is 0 Å². The van der Waals surface area contributed by atoms with Gasteiger partial charge in [0.05, 0.1) is 20.4 Å². The summed E-state index contributed by atoms with van der Waals surface area (Å²) in [5, 5.41) is 11.9. The summed E-state index contributed by atoms with van der Waals surface area (Å²) in [4.78, 5) is 15.1. The number of hydrogen-bond donors (Lipinski definition) is 1. The first-order chi connectivity index (χ1) is 12.0. The summed E-state index contributed by atoms with van der Waals surface area (Å²) in [5.41, 5.74) is 7.90. The van der Waals surface area contributed by atoms with Crippen LogP contribution in [0.15, 0.2) is 55.6 Å². The van der Waals surface area contributed by atoms with Crippen molar-refractivity contribution in [2.75, 3.05) is 6.54 Å². The van der Waals surface area contributed by atoms with Crippen LogP contribution >= 0.6 is 27.3 Å². The Bertz CT molecular complexity index is 832. The van der Waals surface area contributed by atoms with Crippen LogP contribution in [0.25, 0.3) is 0 Å². The predicted molar refractivity (Wildman–Crippen MR) is 103 cm³/mol. The molecule has 1 fully saturated rings. The number of thiophene rings is 1. The number of nitrogens with zero attached hydrogens (tertiary/aromatic N) is 4. The van der Waals surface area contributed by atoms with E-state index in [1.807, 2.05) is 43.3 Å². The largest absolute Gasteiger partial charge is 0.384 e. The minimum absolute atomic E-state index is 0.0213. The molecule has 0 spiro atoms. The van der Waals surface area contributed by atoms with Crippen LogP contribution in [0.2, 0.25) is 0 Å². The molecule has 1 saturated heterocycles. The molecule has 0 bridgehead atoms. The van der Waals surface area contributed by atoms with Gasteiger partial charge in [-0.05, 0) is 70.7 Å². The normalized spacial score (nSPS) is 18.2. The number of amidine groups is 1. The van der Waals surface area contributed by atoms with E-state index in [2.05, 4.69) is 31.4 Å². The Hall–Kier alpha value is -2.06. The second-order valence-electron chi connectivity index (χ2n) is 5.81. The standard InChI is InChI=1S/C17H18BrN5OS/c1-11-4-2-5-12(10-11)20-22-21-16(19)13-6-3-9-23(13)17(24)14-7-8-15(18)25-14/h2,4-5,7-8,10,13H,3,6,9H2,1H3,(H2,19,20,21). The Morgan fingerprint density at radius 3 is 2.92 bits per heavy atom. The summed E-state index contributed by atoms with van der Waals surface area (Å²) in [6.07, 6.45) is 1.68. The number of carbonyl (C=O) groups is 1. The minimum atomic E-state index is -0.232. The van der Waals surface area contributed by atoms with Crippen LogP contribution in [0.4, 0.5) is 5.69 Å². The van der Waals surface area contributed by atoms with E-state index in [-0.39, 0.29) is 11.9 Å². The van der Waals surface area contributed by atoms with E-state index in [0.717, 1.165) is 27.9 Å². The van der Waals surface area contributed by atoms with E-state index in [4.69, 9.17) is 5.73 Å². The molecule has 2 heterocycles. The molecule has 1 aliphatic heterocycles. The maximum absolute atomic E-state index is 12.7. The van der Waals surface area contributed by atoms with Crippen LogP contribution in [-0.4, -0.2) is 29.2 Å². The fourth-order valence-corrected chi connectivity index (χ4v) is 4.11. The Labute approximate surface area is 158 Å². The van der Waals surface area contributed by atoms with E-state index in [0.29, 0.717) is 17.3 Å². The lowest BCUT2D eigenvalue weighted by Crippen LogP contribution is -2.43. The summed E-state index contributed by atoms with van der Waals surface area (Å²) in [6, 6.07) is 11.1. The highest BCUT2D eigenvalue weighted by atomic mass is 79.9. The molecule has 2 aromatic rings.